The van der Waals surface area contributed by atoms with E-state index in [2.05, 4.69) is 124 Å². The van der Waals surface area contributed by atoms with Gasteiger partial charge in [-0.25, -0.2) is 34.3 Å². The molecule has 5 saturated heterocycles. The number of aliphatic hydroxyl groups excluding tert-OH is 10. The lowest BCUT2D eigenvalue weighted by molar-refractivity contribution is -0.0757. The molecule has 15 rings (SSSR count). The van der Waals surface area contributed by atoms with Crippen LogP contribution in [0.1, 0.15) is 106 Å². The zero-order chi connectivity index (χ0) is 88.2. The van der Waals surface area contributed by atoms with Crippen LogP contribution in [0.5, 0.6) is 0 Å². The van der Waals surface area contributed by atoms with E-state index in [0.717, 1.165) is 6.20 Å². The molecule has 0 radical (unpaired) electrons. The minimum absolute atomic E-state index is 0.0231. The second-order valence-electron chi connectivity index (χ2n) is 29.0. The Kier molecular flexibility index (Phi) is 25.6. The summed E-state index contributed by atoms with van der Waals surface area (Å²) in [6.07, 6.45) is -12.3. The quantitative estimate of drug-likeness (QED) is 0.0448. The highest BCUT2D eigenvalue weighted by molar-refractivity contribution is 7.71. The largest absolute Gasteiger partial charge is 0.391 e. The highest BCUT2D eigenvalue weighted by atomic mass is 32.1. The second kappa shape index (κ2) is 34.4. The normalized spacial score (nSPS) is 31.0. The minimum Gasteiger partial charge on any atom is -0.391 e. The van der Waals surface area contributed by atoms with E-state index in [1.807, 2.05) is 0 Å². The number of nitrogens with two attached hydrogens (primary N) is 9. The number of anilines is 4. The van der Waals surface area contributed by atoms with Gasteiger partial charge in [0.1, 0.15) is 88.9 Å². The molecule has 45 nitrogen and oxygen atoms in total. The number of aromatic nitrogens is 18. The van der Waals surface area contributed by atoms with Crippen LogP contribution in [-0.2, 0) is 23.7 Å². The van der Waals surface area contributed by atoms with E-state index in [4.69, 9.17) is 87.5 Å². The third kappa shape index (κ3) is 15.9. The summed E-state index contributed by atoms with van der Waals surface area (Å²) in [5.41, 5.74) is 47.3. The summed E-state index contributed by atoms with van der Waals surface area (Å²) in [4.78, 5) is 82.7. The highest BCUT2D eigenvalue weighted by Gasteiger charge is 2.61. The van der Waals surface area contributed by atoms with E-state index in [1.165, 1.54) is 80.4 Å². The van der Waals surface area contributed by atoms with E-state index in [-0.39, 0.29) is 62.1 Å². The number of nitrogen functional groups attached to an aromatic ring is 4. The fourth-order valence-electron chi connectivity index (χ4n) is 14.8. The molecule has 0 aromatic carbocycles. The maximum atomic E-state index is 14.3. The molecule has 5 aliphatic rings. The van der Waals surface area contributed by atoms with Crippen LogP contribution in [0.15, 0.2) is 58.0 Å². The topological polar surface area (TPSA) is 738 Å². The number of imidazole rings is 3. The van der Waals surface area contributed by atoms with Crippen molar-refractivity contribution in [1.29, 1.82) is 0 Å². The van der Waals surface area contributed by atoms with E-state index in [0.29, 0.717) is 27.7 Å². The molecule has 47 heteroatoms. The number of hydrogen-bond acceptors (Lipinski definition) is 37. The van der Waals surface area contributed by atoms with Gasteiger partial charge in [0.15, 0.2) is 103 Å². The minimum atomic E-state index is -1.62. The Morgan fingerprint density at radius 3 is 1.27 bits per heavy atom. The Hall–Kier alpha value is -11.4. The maximum absolute atomic E-state index is 14.3. The molecule has 5 fully saturated rings. The van der Waals surface area contributed by atoms with Crippen LogP contribution in [0, 0.1) is 76.6 Å². The Labute approximate surface area is 683 Å². The summed E-state index contributed by atoms with van der Waals surface area (Å²) < 4.78 is 50.6. The standard InChI is InChI=1S/C16H19FN4O4.C15H19N5O4.C14H18N6O4.C14H18N6O3S.C14H18N6O3/c1-4-5-16(18)12(23)11(7(2)22)25-15(16)21-6-9(17)10-13(21)19-8(3)20-14(10)24;1-3-5-15(17)10(22)9(7(2)21)24-13(15)20-6-4-8-11(20)18-14(16)19-12(8)23;1-3-4-14(16)9(22)8(6(2)21)24-12(14)20-5-17-7-10(20)18-13(15)19-11(7)23;1-3-4-14(16)9(22)8(6(2)21)23-12(14)20-5-17-7-10(20)18-13(15)19-11(7)24;1-3-4-14(16)10(22)9(7(2)21)23-12(14)20-6-18-8-5-17-13(15)19-11(8)20/h6-7,11-12,15,22-23H,18H2,1-3H3,(H,19,20,24);4,6-7,9-10,13,21-22H,17H2,1-2H3,(H3,16,18,19,23);5-6,8-9,12,21-22H,16H2,1-2H3,(H3,15,18,19,23);5-6,8-9,12,21-22H,16H2,1-2H3,(H3,15,18,19,24);5-7,9-10,12,21-22H,16H2,1-2H3,(H2,15,17,19)/t7-,11-,12+,15-,16?;7-,9-,10+,13-,15?;2*6-,8-,9+,12-,14?;7-,9-,10+,12-,14?/m11111/s1. The van der Waals surface area contributed by atoms with Crippen LogP contribution in [-0.4, -0.2) is 258 Å². The zero-order valence-corrected chi connectivity index (χ0v) is 66.9. The van der Waals surface area contributed by atoms with Crippen LogP contribution in [0.2, 0.25) is 0 Å². The van der Waals surface area contributed by atoms with Gasteiger partial charge >= 0.3 is 0 Å². The zero-order valence-electron chi connectivity index (χ0n) is 66.1. The summed E-state index contributed by atoms with van der Waals surface area (Å²) in [6.45, 7) is 16.9. The van der Waals surface area contributed by atoms with Gasteiger partial charge in [0.2, 0.25) is 17.8 Å². The van der Waals surface area contributed by atoms with Crippen molar-refractivity contribution in [2.45, 2.75) is 227 Å². The lowest BCUT2D eigenvalue weighted by atomic mass is 9.90. The first-order chi connectivity index (χ1) is 56.5. The molecule has 10 aromatic heterocycles. The Morgan fingerprint density at radius 2 is 0.833 bits per heavy atom. The molecule has 32 N–H and O–H groups in total. The SMILES string of the molecule is CC#CC1(N)[C@@H](O)[C@@H]([C@@H](C)O)O[C@H]1n1cc(F)c2c(=O)[nH]c(C)nc21.CC#CC1(N)[C@@H](O)[C@@H]([C@@H](C)O)O[C@H]1n1ccc2c(=O)[nH]c(N)nc21.CC#CC1(N)[C@@H](O)[C@@H]([C@@H](C)O)O[C@H]1n1cnc2c(=O)[nH]c(N)nc21.CC#CC1(N)[C@@H](O)[C@@H]([C@@H](C)O)O[C@H]1n1cnc2c(=S)nc(N)[nH]c21.CC#CC1(N)[C@@H](O)[C@@H]([C@@H](C)O)O[C@H]1n1cnc2cnc(N)nc21. The van der Waals surface area contributed by atoms with Gasteiger partial charge in [0, 0.05) is 12.4 Å². The molecule has 0 bridgehead atoms. The van der Waals surface area contributed by atoms with Crippen LogP contribution in [0.4, 0.5) is 28.2 Å². The molecule has 25 atom stereocenters. The summed E-state index contributed by atoms with van der Waals surface area (Å²) >= 11 is 5.15. The van der Waals surface area contributed by atoms with Crippen LogP contribution < -0.4 is 68.3 Å². The number of ether oxygens (including phenoxy) is 5. The Balaban J connectivity index is 0.000000147. The molecule has 5 aliphatic heterocycles. The van der Waals surface area contributed by atoms with Gasteiger partial charge in [-0.05, 0) is 82.2 Å². The lowest BCUT2D eigenvalue weighted by Crippen LogP contribution is -2.54. The molecule has 0 aliphatic carbocycles. The van der Waals surface area contributed by atoms with Gasteiger partial charge in [-0.2, -0.15) is 15.0 Å². The van der Waals surface area contributed by atoms with Crippen molar-refractivity contribution in [1.82, 2.24) is 87.6 Å². The fraction of sp³-hybridized carbons (Fsp3) is 0.493. The van der Waals surface area contributed by atoms with Crippen molar-refractivity contribution < 1.29 is 79.1 Å². The number of halogens is 1. The highest BCUT2D eigenvalue weighted by Crippen LogP contribution is 2.45. The third-order valence-electron chi connectivity index (χ3n) is 20.4. The van der Waals surface area contributed by atoms with Crippen molar-refractivity contribution >= 4 is 91.6 Å². The third-order valence-corrected chi connectivity index (χ3v) is 20.7. The average molecular weight is 1690 g/mol. The monoisotopic (exact) mass is 1690 g/mol. The molecule has 10 aromatic rings. The van der Waals surface area contributed by atoms with Crippen molar-refractivity contribution in [3.63, 3.8) is 0 Å². The molecule has 15 heterocycles. The van der Waals surface area contributed by atoms with E-state index < -0.39 is 173 Å². The van der Waals surface area contributed by atoms with Crippen LogP contribution in [0.25, 0.3) is 55.6 Å². The predicted molar refractivity (Wildman–Crippen MR) is 429 cm³/mol. The predicted octanol–water partition coefficient (Wildman–Crippen LogP) is -5.54. The fourth-order valence-corrected chi connectivity index (χ4v) is 15.0. The van der Waals surface area contributed by atoms with E-state index >= 15 is 0 Å². The molecule has 640 valence electrons. The van der Waals surface area contributed by atoms with Gasteiger partial charge in [0.05, 0.1) is 61.1 Å². The lowest BCUT2D eigenvalue weighted by Gasteiger charge is -2.28. The molecule has 0 amide bonds. The van der Waals surface area contributed by atoms with Gasteiger partial charge in [0.25, 0.3) is 16.7 Å². The van der Waals surface area contributed by atoms with Crippen molar-refractivity contribution in [3.05, 3.63) is 91.0 Å². The Bertz CT molecular complexity index is 5770. The van der Waals surface area contributed by atoms with Crippen LogP contribution >= 0.6 is 12.2 Å². The summed E-state index contributed by atoms with van der Waals surface area (Å²) in [7, 11) is 0. The molecule has 5 unspecified atom stereocenters. The summed E-state index contributed by atoms with van der Waals surface area (Å²) in [5.74, 6) is 26.7. The number of aromatic amines is 4. The van der Waals surface area contributed by atoms with Crippen LogP contribution in [0.3, 0.4) is 0 Å². The summed E-state index contributed by atoms with van der Waals surface area (Å²) in [5, 5.41) is 102. The summed E-state index contributed by atoms with van der Waals surface area (Å²) in [6, 6.07) is 1.55. The Morgan fingerprint density at radius 1 is 0.458 bits per heavy atom. The van der Waals surface area contributed by atoms with Gasteiger partial charge in [-0.3, -0.25) is 42.6 Å². The number of nitrogens with one attached hydrogen (secondary N) is 4. The number of aryl methyl sites for hydroxylation is 1. The van der Waals surface area contributed by atoms with Crippen molar-refractivity contribution in [2.75, 3.05) is 22.9 Å². The number of rotatable bonds is 10. The van der Waals surface area contributed by atoms with E-state index in [1.54, 1.807) is 56.0 Å². The molecule has 120 heavy (non-hydrogen) atoms. The second-order valence-corrected chi connectivity index (χ2v) is 29.4. The first kappa shape index (κ1) is 89.4. The first-order valence-corrected chi connectivity index (χ1v) is 37.1. The molecule has 0 saturated carbocycles. The van der Waals surface area contributed by atoms with E-state index in [9.17, 15) is 69.8 Å². The number of nitrogens with zero attached hydrogens (tertiary/aromatic N) is 14. The number of aliphatic hydroxyl groups is 10. The smallest absolute Gasteiger partial charge is 0.280 e. The first-order valence-electron chi connectivity index (χ1n) is 36.7. The molecular formula is C73H92FN27O18S. The number of hydrogen-bond donors (Lipinski definition) is 23. The average Bonchev–Trinajstić information content (AvgIpc) is 1.61. The van der Waals surface area contributed by atoms with Gasteiger partial charge in [-0.1, -0.05) is 41.8 Å². The maximum Gasteiger partial charge on any atom is 0.280 e. The van der Waals surface area contributed by atoms with Gasteiger partial charge < -0.3 is 141 Å². The van der Waals surface area contributed by atoms with Crippen molar-refractivity contribution in [2.24, 2.45) is 28.7 Å². The molecular weight excluding hydrogens is 1590 g/mol. The number of fused-ring (bicyclic) bond motifs is 5. The van der Waals surface area contributed by atoms with Gasteiger partial charge in [-0.15, -0.1) is 29.6 Å². The van der Waals surface area contributed by atoms with Crippen molar-refractivity contribution in [3.8, 4) is 59.2 Å². The number of H-pyrrole nitrogens is 4. The molecule has 0 spiro atoms.